The van der Waals surface area contributed by atoms with E-state index in [9.17, 15) is 13.6 Å². The zero-order valence-corrected chi connectivity index (χ0v) is 15.8. The van der Waals surface area contributed by atoms with Crippen LogP contribution in [-0.4, -0.2) is 34.8 Å². The average Bonchev–Trinajstić information content (AvgIpc) is 2.97. The van der Waals surface area contributed by atoms with E-state index >= 15 is 0 Å². The van der Waals surface area contributed by atoms with Crippen LogP contribution in [0.5, 0.6) is 5.75 Å². The van der Waals surface area contributed by atoms with Crippen molar-refractivity contribution in [1.82, 2.24) is 9.78 Å². The van der Waals surface area contributed by atoms with Crippen LogP contribution in [0.15, 0.2) is 24.3 Å². The third-order valence-corrected chi connectivity index (χ3v) is 4.17. The summed E-state index contributed by atoms with van der Waals surface area (Å²) < 4.78 is 32.2. The van der Waals surface area contributed by atoms with Crippen molar-refractivity contribution in [1.29, 1.82) is 0 Å². The molecule has 0 radical (unpaired) electrons. The molecule has 1 atom stereocenters. The van der Waals surface area contributed by atoms with E-state index in [-0.39, 0.29) is 24.1 Å². The summed E-state index contributed by atoms with van der Waals surface area (Å²) in [4.78, 5) is 12.5. The SMILES string of the molecule is CCCc1cc(C(=O)Nc2ccc3c(c2)OCC(N)C3)nn1CC(F)F.Cl. The molecule has 1 aliphatic rings. The lowest BCUT2D eigenvalue weighted by atomic mass is 10.0. The summed E-state index contributed by atoms with van der Waals surface area (Å²) in [5.41, 5.74) is 8.16. The van der Waals surface area contributed by atoms with E-state index in [1.54, 1.807) is 18.2 Å². The maximum atomic E-state index is 12.7. The molecule has 1 aromatic heterocycles. The maximum Gasteiger partial charge on any atom is 0.276 e. The van der Waals surface area contributed by atoms with E-state index in [1.165, 1.54) is 4.68 Å². The predicted octanol–water partition coefficient (Wildman–Crippen LogP) is 3.04. The first-order valence-corrected chi connectivity index (χ1v) is 8.63. The molecule has 0 spiro atoms. The monoisotopic (exact) mass is 400 g/mol. The molecule has 1 unspecified atom stereocenters. The first-order valence-electron chi connectivity index (χ1n) is 8.63. The van der Waals surface area contributed by atoms with Crippen molar-refractivity contribution in [2.45, 2.75) is 45.2 Å². The molecule has 27 heavy (non-hydrogen) atoms. The van der Waals surface area contributed by atoms with Gasteiger partial charge in [0.1, 0.15) is 18.9 Å². The summed E-state index contributed by atoms with van der Waals surface area (Å²) >= 11 is 0. The van der Waals surface area contributed by atoms with Crippen molar-refractivity contribution >= 4 is 24.0 Å². The molecule has 1 aliphatic heterocycles. The van der Waals surface area contributed by atoms with E-state index in [4.69, 9.17) is 10.5 Å². The third-order valence-electron chi connectivity index (χ3n) is 4.17. The van der Waals surface area contributed by atoms with Gasteiger partial charge < -0.3 is 15.8 Å². The molecule has 0 saturated carbocycles. The Kier molecular flexibility index (Phi) is 7.15. The van der Waals surface area contributed by atoms with Crippen molar-refractivity contribution in [3.63, 3.8) is 0 Å². The van der Waals surface area contributed by atoms with E-state index in [0.717, 1.165) is 18.4 Å². The van der Waals surface area contributed by atoms with Crippen molar-refractivity contribution in [3.8, 4) is 5.75 Å². The van der Waals surface area contributed by atoms with Crippen LogP contribution in [-0.2, 0) is 19.4 Å². The first-order chi connectivity index (χ1) is 12.5. The normalized spacial score (nSPS) is 15.7. The molecule has 9 heteroatoms. The third kappa shape index (κ3) is 5.17. The minimum Gasteiger partial charge on any atom is -0.492 e. The summed E-state index contributed by atoms with van der Waals surface area (Å²) in [6, 6.07) is 6.90. The number of hydrogen-bond donors (Lipinski definition) is 2. The Bertz CT molecular complexity index is 798. The van der Waals surface area contributed by atoms with Gasteiger partial charge in [0.25, 0.3) is 12.3 Å². The fraction of sp³-hybridized carbons (Fsp3) is 0.444. The second kappa shape index (κ2) is 9.14. The zero-order valence-electron chi connectivity index (χ0n) is 15.0. The number of carbonyl (C=O) groups is 1. The Balaban J connectivity index is 0.00000261. The summed E-state index contributed by atoms with van der Waals surface area (Å²) in [6.45, 7) is 1.86. The van der Waals surface area contributed by atoms with Gasteiger partial charge in [0.05, 0.1) is 0 Å². The molecule has 148 valence electrons. The van der Waals surface area contributed by atoms with Gasteiger partial charge in [-0.05, 0) is 30.5 Å². The topological polar surface area (TPSA) is 82.2 Å². The number of aromatic nitrogens is 2. The van der Waals surface area contributed by atoms with Crippen LogP contribution in [0.2, 0.25) is 0 Å². The fourth-order valence-electron chi connectivity index (χ4n) is 2.98. The predicted molar refractivity (Wildman–Crippen MR) is 101 cm³/mol. The van der Waals surface area contributed by atoms with E-state index in [0.29, 0.717) is 30.2 Å². The lowest BCUT2D eigenvalue weighted by Gasteiger charge is -2.22. The minimum absolute atomic E-state index is 0. The number of rotatable bonds is 6. The standard InChI is InChI=1S/C18H22F2N4O2.ClH/c1-2-3-14-8-15(23-24(14)9-17(19)20)18(25)22-13-5-4-11-6-12(21)10-26-16(11)7-13;/h4-5,7-8,12,17H,2-3,6,9-10,21H2,1H3,(H,22,25);1H. The maximum absolute atomic E-state index is 12.7. The van der Waals surface area contributed by atoms with Crippen LogP contribution >= 0.6 is 12.4 Å². The first kappa shape index (κ1) is 21.1. The van der Waals surface area contributed by atoms with Gasteiger partial charge in [-0.25, -0.2) is 8.78 Å². The molecule has 3 rings (SSSR count). The van der Waals surface area contributed by atoms with Crippen molar-refractivity contribution < 1.29 is 18.3 Å². The summed E-state index contributed by atoms with van der Waals surface area (Å²) in [5.74, 6) is 0.252. The van der Waals surface area contributed by atoms with Crippen molar-refractivity contribution in [2.75, 3.05) is 11.9 Å². The summed E-state index contributed by atoms with van der Waals surface area (Å²) in [6.07, 6.45) is -0.437. The van der Waals surface area contributed by atoms with Gasteiger partial charge in [-0.1, -0.05) is 19.4 Å². The Morgan fingerprint density at radius 3 is 2.93 bits per heavy atom. The van der Waals surface area contributed by atoms with Gasteiger partial charge in [0, 0.05) is 23.5 Å². The Morgan fingerprint density at radius 2 is 2.22 bits per heavy atom. The van der Waals surface area contributed by atoms with E-state index in [1.807, 2.05) is 13.0 Å². The largest absolute Gasteiger partial charge is 0.492 e. The summed E-state index contributed by atoms with van der Waals surface area (Å²) in [5, 5.41) is 6.78. The number of halogens is 3. The van der Waals surface area contributed by atoms with Gasteiger partial charge >= 0.3 is 0 Å². The molecule has 6 nitrogen and oxygen atoms in total. The Labute approximate surface area is 162 Å². The highest BCUT2D eigenvalue weighted by Crippen LogP contribution is 2.28. The van der Waals surface area contributed by atoms with Gasteiger partial charge in [0.15, 0.2) is 5.69 Å². The Morgan fingerprint density at radius 1 is 1.44 bits per heavy atom. The number of anilines is 1. The molecule has 3 N–H and O–H groups in total. The quantitative estimate of drug-likeness (QED) is 0.780. The molecule has 0 saturated heterocycles. The van der Waals surface area contributed by atoms with Crippen molar-refractivity contribution in [2.24, 2.45) is 5.73 Å². The lowest BCUT2D eigenvalue weighted by molar-refractivity contribution is 0.101. The van der Waals surface area contributed by atoms with Crippen LogP contribution < -0.4 is 15.8 Å². The molecule has 1 aromatic carbocycles. The summed E-state index contributed by atoms with van der Waals surface area (Å²) in [7, 11) is 0. The van der Waals surface area contributed by atoms with Crippen LogP contribution in [0, 0.1) is 0 Å². The van der Waals surface area contributed by atoms with Gasteiger partial charge in [-0.15, -0.1) is 12.4 Å². The molecule has 0 bridgehead atoms. The number of nitrogens with two attached hydrogens (primary N) is 1. The molecule has 2 aromatic rings. The Hall–Kier alpha value is -2.19. The second-order valence-corrected chi connectivity index (χ2v) is 6.40. The number of nitrogens with zero attached hydrogens (tertiary/aromatic N) is 2. The highest BCUT2D eigenvalue weighted by molar-refractivity contribution is 6.03. The van der Waals surface area contributed by atoms with Crippen LogP contribution in [0.25, 0.3) is 0 Å². The lowest BCUT2D eigenvalue weighted by Crippen LogP contribution is -2.33. The minimum atomic E-state index is -2.52. The number of amides is 1. The smallest absolute Gasteiger partial charge is 0.276 e. The van der Waals surface area contributed by atoms with Gasteiger partial charge in [-0.3, -0.25) is 9.48 Å². The number of fused-ring (bicyclic) bond motifs is 1. The van der Waals surface area contributed by atoms with E-state index in [2.05, 4.69) is 10.4 Å². The molecule has 0 aliphatic carbocycles. The number of aryl methyl sites for hydroxylation is 1. The van der Waals surface area contributed by atoms with Crippen LogP contribution in [0.3, 0.4) is 0 Å². The second-order valence-electron chi connectivity index (χ2n) is 6.40. The van der Waals surface area contributed by atoms with Crippen molar-refractivity contribution in [3.05, 3.63) is 41.2 Å². The highest BCUT2D eigenvalue weighted by atomic mass is 35.5. The number of alkyl halides is 2. The number of benzene rings is 1. The molecule has 2 heterocycles. The highest BCUT2D eigenvalue weighted by Gasteiger charge is 2.19. The van der Waals surface area contributed by atoms with Gasteiger partial charge in [0.2, 0.25) is 0 Å². The van der Waals surface area contributed by atoms with Gasteiger partial charge in [-0.2, -0.15) is 5.10 Å². The number of ether oxygens (including phenoxy) is 1. The molecular weight excluding hydrogens is 378 g/mol. The zero-order chi connectivity index (χ0) is 18.7. The number of carbonyl (C=O) groups excluding carboxylic acids is 1. The number of hydrogen-bond acceptors (Lipinski definition) is 4. The van der Waals surface area contributed by atoms with E-state index < -0.39 is 18.9 Å². The molecule has 1 amide bonds. The van der Waals surface area contributed by atoms with Crippen LogP contribution in [0.4, 0.5) is 14.5 Å². The molecule has 0 fully saturated rings. The fourth-order valence-corrected chi connectivity index (χ4v) is 2.98. The molecular formula is C18H23ClF2N4O2. The average molecular weight is 401 g/mol. The van der Waals surface area contributed by atoms with Crippen LogP contribution in [0.1, 0.15) is 35.1 Å². The number of nitrogens with one attached hydrogen (secondary N) is 1.